The fraction of sp³-hybridized carbons (Fsp3) is 0.200. The SMILES string of the molecule is OC1CCN(c2nccc3nc(-c4cc[c]cc4)c(-c4ccccc4)cc23)CC1. The summed E-state index contributed by atoms with van der Waals surface area (Å²) in [6.45, 7) is 1.62. The van der Waals surface area contributed by atoms with Crippen molar-refractivity contribution in [1.29, 1.82) is 0 Å². The molecule has 1 aliphatic heterocycles. The summed E-state index contributed by atoms with van der Waals surface area (Å²) >= 11 is 0. The Morgan fingerprint density at radius 3 is 2.45 bits per heavy atom. The summed E-state index contributed by atoms with van der Waals surface area (Å²) in [4.78, 5) is 12.0. The zero-order chi connectivity index (χ0) is 19.6. The van der Waals surface area contributed by atoms with E-state index in [1.807, 2.05) is 30.5 Å². The molecule has 0 saturated carbocycles. The second-order valence-electron chi connectivity index (χ2n) is 7.46. The fourth-order valence-electron chi connectivity index (χ4n) is 4.01. The van der Waals surface area contributed by atoms with Crippen molar-refractivity contribution < 1.29 is 5.11 Å². The van der Waals surface area contributed by atoms with Gasteiger partial charge < -0.3 is 10.0 Å². The van der Waals surface area contributed by atoms with Gasteiger partial charge in [0.2, 0.25) is 0 Å². The lowest BCUT2D eigenvalue weighted by atomic mass is 9.97. The Balaban J connectivity index is 1.72. The highest BCUT2D eigenvalue weighted by Crippen LogP contribution is 2.36. The molecular formula is C25H22N3O. The van der Waals surface area contributed by atoms with Crippen molar-refractivity contribution in [2.75, 3.05) is 18.0 Å². The Hall–Kier alpha value is -3.24. The fourth-order valence-corrected chi connectivity index (χ4v) is 4.01. The predicted molar refractivity (Wildman–Crippen MR) is 117 cm³/mol. The topological polar surface area (TPSA) is 49.2 Å². The van der Waals surface area contributed by atoms with E-state index in [2.05, 4.69) is 53.4 Å². The molecule has 5 rings (SSSR count). The molecule has 0 unspecified atom stereocenters. The van der Waals surface area contributed by atoms with Crippen LogP contribution in [0.15, 0.2) is 72.9 Å². The van der Waals surface area contributed by atoms with E-state index in [4.69, 9.17) is 9.97 Å². The molecule has 29 heavy (non-hydrogen) atoms. The van der Waals surface area contributed by atoms with E-state index in [-0.39, 0.29) is 6.10 Å². The Morgan fingerprint density at radius 2 is 1.69 bits per heavy atom. The number of piperidine rings is 1. The number of rotatable bonds is 3. The van der Waals surface area contributed by atoms with Gasteiger partial charge in [-0.25, -0.2) is 9.97 Å². The molecule has 0 atom stereocenters. The van der Waals surface area contributed by atoms with E-state index < -0.39 is 0 Å². The number of hydrogen-bond donors (Lipinski definition) is 1. The Labute approximate surface area is 170 Å². The monoisotopic (exact) mass is 380 g/mol. The van der Waals surface area contributed by atoms with Gasteiger partial charge in [-0.15, -0.1) is 0 Å². The number of hydrogen-bond acceptors (Lipinski definition) is 4. The van der Waals surface area contributed by atoms with Crippen LogP contribution in [0.2, 0.25) is 0 Å². The first-order chi connectivity index (χ1) is 14.3. The number of aliphatic hydroxyl groups excluding tert-OH is 1. The molecule has 1 aliphatic rings. The van der Waals surface area contributed by atoms with Crippen LogP contribution < -0.4 is 4.90 Å². The predicted octanol–water partition coefficient (Wildman–Crippen LogP) is 4.73. The maximum Gasteiger partial charge on any atom is 0.138 e. The normalized spacial score (nSPS) is 15.0. The molecule has 4 nitrogen and oxygen atoms in total. The Kier molecular flexibility index (Phi) is 4.70. The van der Waals surface area contributed by atoms with Gasteiger partial charge in [-0.1, -0.05) is 54.6 Å². The van der Waals surface area contributed by atoms with Crippen LogP contribution in [-0.2, 0) is 0 Å². The van der Waals surface area contributed by atoms with E-state index in [1.54, 1.807) is 0 Å². The van der Waals surface area contributed by atoms with Crippen molar-refractivity contribution in [1.82, 2.24) is 9.97 Å². The van der Waals surface area contributed by atoms with Gasteiger partial charge in [0.05, 0.1) is 17.3 Å². The second-order valence-corrected chi connectivity index (χ2v) is 7.46. The van der Waals surface area contributed by atoms with E-state index in [9.17, 15) is 5.11 Å². The van der Waals surface area contributed by atoms with Crippen molar-refractivity contribution in [2.24, 2.45) is 0 Å². The highest BCUT2D eigenvalue weighted by atomic mass is 16.3. The lowest BCUT2D eigenvalue weighted by molar-refractivity contribution is 0.145. The molecule has 2 aromatic carbocycles. The van der Waals surface area contributed by atoms with E-state index in [0.717, 1.165) is 65.0 Å². The van der Waals surface area contributed by atoms with Crippen LogP contribution in [-0.4, -0.2) is 34.3 Å². The van der Waals surface area contributed by atoms with Crippen LogP contribution in [0.5, 0.6) is 0 Å². The first-order valence-electron chi connectivity index (χ1n) is 10.0. The van der Waals surface area contributed by atoms with E-state index in [1.165, 1.54) is 0 Å². The first kappa shape index (κ1) is 17.8. The van der Waals surface area contributed by atoms with Gasteiger partial charge in [0, 0.05) is 35.8 Å². The molecule has 0 aliphatic carbocycles. The van der Waals surface area contributed by atoms with Crippen molar-refractivity contribution >= 4 is 16.7 Å². The summed E-state index contributed by atoms with van der Waals surface area (Å²) in [6, 6.07) is 25.6. The zero-order valence-electron chi connectivity index (χ0n) is 16.1. The van der Waals surface area contributed by atoms with Crippen molar-refractivity contribution in [3.8, 4) is 22.4 Å². The molecule has 0 amide bonds. The van der Waals surface area contributed by atoms with Gasteiger partial charge in [-0.3, -0.25) is 0 Å². The summed E-state index contributed by atoms with van der Waals surface area (Å²) in [5, 5.41) is 10.9. The molecule has 1 radical (unpaired) electrons. The number of aliphatic hydroxyl groups is 1. The molecule has 1 saturated heterocycles. The van der Waals surface area contributed by atoms with Crippen LogP contribution in [0, 0.1) is 6.07 Å². The van der Waals surface area contributed by atoms with Gasteiger partial charge in [0.25, 0.3) is 0 Å². The molecule has 4 heteroatoms. The highest BCUT2D eigenvalue weighted by molar-refractivity contribution is 5.97. The van der Waals surface area contributed by atoms with Crippen molar-refractivity contribution in [3.05, 3.63) is 79.0 Å². The average Bonchev–Trinajstić information content (AvgIpc) is 2.79. The highest BCUT2D eigenvalue weighted by Gasteiger charge is 2.21. The maximum absolute atomic E-state index is 9.88. The standard InChI is InChI=1S/C25H22N3O/c29-20-12-15-28(16-13-20)25-22-17-21(18-7-3-1-4-8-18)24(19-9-5-2-6-10-19)27-23(22)11-14-26-25/h1,3-11,14,17,20,29H,12-13,15-16H2. The van der Waals surface area contributed by atoms with Gasteiger partial charge in [0.15, 0.2) is 0 Å². The van der Waals surface area contributed by atoms with Crippen molar-refractivity contribution in [2.45, 2.75) is 18.9 Å². The lowest BCUT2D eigenvalue weighted by Crippen LogP contribution is -2.36. The third-order valence-corrected chi connectivity index (χ3v) is 5.56. The first-order valence-corrected chi connectivity index (χ1v) is 10.0. The van der Waals surface area contributed by atoms with Gasteiger partial charge in [0.1, 0.15) is 5.82 Å². The number of anilines is 1. The third kappa shape index (κ3) is 3.47. The molecule has 3 heterocycles. The lowest BCUT2D eigenvalue weighted by Gasteiger charge is -2.31. The number of nitrogens with zero attached hydrogens (tertiary/aromatic N) is 3. The van der Waals surface area contributed by atoms with Gasteiger partial charge >= 0.3 is 0 Å². The van der Waals surface area contributed by atoms with Gasteiger partial charge in [-0.05, 0) is 36.6 Å². The summed E-state index contributed by atoms with van der Waals surface area (Å²) in [5.74, 6) is 0.951. The second kappa shape index (κ2) is 7.64. The molecular weight excluding hydrogens is 358 g/mol. The average molecular weight is 380 g/mol. The molecule has 1 N–H and O–H groups in total. The van der Waals surface area contributed by atoms with Gasteiger partial charge in [-0.2, -0.15) is 0 Å². The molecule has 0 bridgehead atoms. The number of pyridine rings is 2. The summed E-state index contributed by atoms with van der Waals surface area (Å²) < 4.78 is 0. The summed E-state index contributed by atoms with van der Waals surface area (Å²) in [5.41, 5.74) is 5.20. The molecule has 143 valence electrons. The smallest absolute Gasteiger partial charge is 0.138 e. The van der Waals surface area contributed by atoms with Crippen LogP contribution in [0.3, 0.4) is 0 Å². The van der Waals surface area contributed by atoms with Crippen LogP contribution >= 0.6 is 0 Å². The molecule has 4 aromatic rings. The van der Waals surface area contributed by atoms with E-state index >= 15 is 0 Å². The minimum Gasteiger partial charge on any atom is -0.393 e. The Morgan fingerprint density at radius 1 is 0.931 bits per heavy atom. The summed E-state index contributed by atoms with van der Waals surface area (Å²) in [6.07, 6.45) is 3.17. The minimum absolute atomic E-state index is 0.208. The van der Waals surface area contributed by atoms with Crippen LogP contribution in [0.25, 0.3) is 33.3 Å². The number of fused-ring (bicyclic) bond motifs is 1. The third-order valence-electron chi connectivity index (χ3n) is 5.56. The zero-order valence-corrected chi connectivity index (χ0v) is 16.1. The largest absolute Gasteiger partial charge is 0.393 e. The quantitative estimate of drug-likeness (QED) is 0.558. The number of aromatic nitrogens is 2. The van der Waals surface area contributed by atoms with Crippen LogP contribution in [0.1, 0.15) is 12.8 Å². The maximum atomic E-state index is 9.88. The molecule has 2 aromatic heterocycles. The van der Waals surface area contributed by atoms with Crippen LogP contribution in [0.4, 0.5) is 5.82 Å². The Bertz CT molecular complexity index is 1120. The number of benzene rings is 2. The van der Waals surface area contributed by atoms with Crippen molar-refractivity contribution in [3.63, 3.8) is 0 Å². The molecule has 1 fully saturated rings. The minimum atomic E-state index is -0.208. The molecule has 0 spiro atoms. The van der Waals surface area contributed by atoms with E-state index in [0.29, 0.717) is 0 Å². The summed E-state index contributed by atoms with van der Waals surface area (Å²) in [7, 11) is 0.